The SMILES string of the molecule is O=Cc1ccc(NC2=CC(=O)N(CCO)C2=O)c(F)c1Cl. The van der Waals surface area contributed by atoms with Gasteiger partial charge < -0.3 is 10.4 Å². The third-order valence-corrected chi connectivity index (χ3v) is 3.23. The van der Waals surface area contributed by atoms with Crippen molar-refractivity contribution in [2.75, 3.05) is 18.5 Å². The smallest absolute Gasteiger partial charge is 0.277 e. The summed E-state index contributed by atoms with van der Waals surface area (Å²) in [6.07, 6.45) is 1.40. The summed E-state index contributed by atoms with van der Waals surface area (Å²) >= 11 is 5.67. The molecule has 0 unspecified atom stereocenters. The average molecular weight is 313 g/mol. The lowest BCUT2D eigenvalue weighted by Crippen LogP contribution is -2.34. The number of aliphatic hydroxyl groups is 1. The Labute approximate surface area is 123 Å². The average Bonchev–Trinajstić information content (AvgIpc) is 2.72. The van der Waals surface area contributed by atoms with Crippen molar-refractivity contribution < 1.29 is 23.9 Å². The van der Waals surface area contributed by atoms with Gasteiger partial charge in [-0.3, -0.25) is 19.3 Å². The third kappa shape index (κ3) is 2.79. The van der Waals surface area contributed by atoms with E-state index in [1.54, 1.807) is 0 Å². The predicted octanol–water partition coefficient (Wildman–Crippen LogP) is 0.948. The minimum absolute atomic E-state index is 0.0237. The molecule has 2 rings (SSSR count). The molecule has 0 saturated heterocycles. The minimum Gasteiger partial charge on any atom is -0.395 e. The lowest BCUT2D eigenvalue weighted by molar-refractivity contribution is -0.137. The number of hydrogen-bond acceptors (Lipinski definition) is 5. The zero-order valence-electron chi connectivity index (χ0n) is 10.6. The highest BCUT2D eigenvalue weighted by Gasteiger charge is 2.31. The van der Waals surface area contributed by atoms with Crippen LogP contribution in [0.4, 0.5) is 10.1 Å². The third-order valence-electron chi connectivity index (χ3n) is 2.84. The number of benzene rings is 1. The summed E-state index contributed by atoms with van der Waals surface area (Å²) in [4.78, 5) is 34.9. The van der Waals surface area contributed by atoms with E-state index in [0.717, 1.165) is 11.0 Å². The van der Waals surface area contributed by atoms with E-state index in [0.29, 0.717) is 6.29 Å². The van der Waals surface area contributed by atoms with Crippen LogP contribution in [0.2, 0.25) is 5.02 Å². The summed E-state index contributed by atoms with van der Waals surface area (Å²) in [6, 6.07) is 2.52. The van der Waals surface area contributed by atoms with Crippen LogP contribution in [0.3, 0.4) is 0 Å². The summed E-state index contributed by atoms with van der Waals surface area (Å²) in [7, 11) is 0. The molecule has 1 aliphatic heterocycles. The fraction of sp³-hybridized carbons (Fsp3) is 0.154. The van der Waals surface area contributed by atoms with Crippen LogP contribution < -0.4 is 5.32 Å². The van der Waals surface area contributed by atoms with E-state index in [1.807, 2.05) is 0 Å². The second kappa shape index (κ2) is 6.02. The molecular weight excluding hydrogens is 303 g/mol. The highest BCUT2D eigenvalue weighted by molar-refractivity contribution is 6.33. The standard InChI is InChI=1S/C13H10ClFN2O4/c14-11-7(6-19)1-2-8(12(11)15)16-9-5-10(20)17(3-4-18)13(9)21/h1-2,5-6,16,18H,3-4H2. The Morgan fingerprint density at radius 2 is 2.10 bits per heavy atom. The molecule has 0 aliphatic carbocycles. The molecule has 0 spiro atoms. The van der Waals surface area contributed by atoms with Crippen LogP contribution in [0, 0.1) is 5.82 Å². The number of nitrogens with zero attached hydrogens (tertiary/aromatic N) is 1. The van der Waals surface area contributed by atoms with Crippen LogP contribution >= 0.6 is 11.6 Å². The molecule has 1 heterocycles. The Balaban J connectivity index is 2.26. The lowest BCUT2D eigenvalue weighted by Gasteiger charge is -2.14. The first kappa shape index (κ1) is 15.1. The van der Waals surface area contributed by atoms with Gasteiger partial charge in [-0.05, 0) is 12.1 Å². The van der Waals surface area contributed by atoms with Gasteiger partial charge in [0.2, 0.25) is 0 Å². The number of carbonyl (C=O) groups excluding carboxylic acids is 3. The fourth-order valence-corrected chi connectivity index (χ4v) is 2.02. The molecule has 0 aromatic heterocycles. The van der Waals surface area contributed by atoms with Crippen LogP contribution in [-0.2, 0) is 9.59 Å². The van der Waals surface area contributed by atoms with E-state index in [4.69, 9.17) is 16.7 Å². The second-order valence-corrected chi connectivity index (χ2v) is 4.53. The first-order valence-corrected chi connectivity index (χ1v) is 6.26. The summed E-state index contributed by atoms with van der Waals surface area (Å²) in [5, 5.41) is 10.9. The van der Waals surface area contributed by atoms with Crippen LogP contribution in [0.15, 0.2) is 23.9 Å². The van der Waals surface area contributed by atoms with E-state index >= 15 is 0 Å². The van der Waals surface area contributed by atoms with Gasteiger partial charge in [0.05, 0.1) is 23.9 Å². The van der Waals surface area contributed by atoms with E-state index in [9.17, 15) is 18.8 Å². The normalized spacial score (nSPS) is 14.4. The maximum Gasteiger partial charge on any atom is 0.277 e. The van der Waals surface area contributed by atoms with E-state index in [2.05, 4.69) is 5.32 Å². The molecule has 2 amide bonds. The number of aliphatic hydroxyl groups excluding tert-OH is 1. The van der Waals surface area contributed by atoms with Crippen molar-refractivity contribution >= 4 is 35.4 Å². The molecule has 0 bridgehead atoms. The van der Waals surface area contributed by atoms with Gasteiger partial charge in [-0.15, -0.1) is 0 Å². The van der Waals surface area contributed by atoms with Crippen molar-refractivity contribution in [3.8, 4) is 0 Å². The molecule has 0 saturated carbocycles. The van der Waals surface area contributed by atoms with Gasteiger partial charge in [0.25, 0.3) is 11.8 Å². The molecule has 21 heavy (non-hydrogen) atoms. The fourth-order valence-electron chi connectivity index (χ4n) is 1.81. The zero-order chi connectivity index (χ0) is 15.6. The van der Waals surface area contributed by atoms with Crippen LogP contribution in [0.5, 0.6) is 0 Å². The number of β-amino-alcohol motifs (C(OH)–C–C–N with tert-alkyl or cyclic N) is 1. The highest BCUT2D eigenvalue weighted by Crippen LogP contribution is 2.27. The zero-order valence-corrected chi connectivity index (χ0v) is 11.4. The van der Waals surface area contributed by atoms with E-state index < -0.39 is 17.6 Å². The van der Waals surface area contributed by atoms with Gasteiger partial charge in [-0.1, -0.05) is 11.6 Å². The molecule has 6 nitrogen and oxygen atoms in total. The topological polar surface area (TPSA) is 86.7 Å². The molecular formula is C13H10ClFN2O4. The Hall–Kier alpha value is -2.25. The number of rotatable bonds is 5. The number of carbonyl (C=O) groups is 3. The molecule has 1 aliphatic rings. The summed E-state index contributed by atoms with van der Waals surface area (Å²) < 4.78 is 13.9. The molecule has 1 aromatic rings. The second-order valence-electron chi connectivity index (χ2n) is 4.15. The maximum atomic E-state index is 13.9. The summed E-state index contributed by atoms with van der Waals surface area (Å²) in [5.74, 6) is -2.18. The number of anilines is 1. The predicted molar refractivity (Wildman–Crippen MR) is 72.3 cm³/mol. The van der Waals surface area contributed by atoms with Gasteiger partial charge in [0, 0.05) is 11.6 Å². The summed E-state index contributed by atoms with van der Waals surface area (Å²) in [6.45, 7) is -0.514. The van der Waals surface area contributed by atoms with Gasteiger partial charge >= 0.3 is 0 Å². The Bertz CT molecular complexity index is 660. The largest absolute Gasteiger partial charge is 0.395 e. The quantitative estimate of drug-likeness (QED) is 0.624. The number of imide groups is 1. The van der Waals surface area contributed by atoms with Crippen LogP contribution in [0.1, 0.15) is 10.4 Å². The first-order valence-electron chi connectivity index (χ1n) is 5.88. The number of nitrogens with one attached hydrogen (secondary N) is 1. The van der Waals surface area contributed by atoms with E-state index in [-0.39, 0.29) is 35.1 Å². The Morgan fingerprint density at radius 1 is 1.38 bits per heavy atom. The van der Waals surface area contributed by atoms with E-state index in [1.165, 1.54) is 12.1 Å². The van der Waals surface area contributed by atoms with Crippen molar-refractivity contribution in [3.05, 3.63) is 40.3 Å². The molecule has 2 N–H and O–H groups in total. The monoisotopic (exact) mass is 312 g/mol. The summed E-state index contributed by atoms with van der Waals surface area (Å²) in [5.41, 5.74) is -0.296. The highest BCUT2D eigenvalue weighted by atomic mass is 35.5. The van der Waals surface area contributed by atoms with Crippen molar-refractivity contribution in [2.45, 2.75) is 0 Å². The number of aldehydes is 1. The van der Waals surface area contributed by atoms with Crippen LogP contribution in [0.25, 0.3) is 0 Å². The molecule has 1 aromatic carbocycles. The van der Waals surface area contributed by atoms with Gasteiger partial charge in [0.15, 0.2) is 12.1 Å². The molecule has 0 atom stereocenters. The lowest BCUT2D eigenvalue weighted by atomic mass is 10.2. The van der Waals surface area contributed by atoms with Crippen molar-refractivity contribution in [1.29, 1.82) is 0 Å². The van der Waals surface area contributed by atoms with Gasteiger partial charge in [-0.25, -0.2) is 4.39 Å². The number of amides is 2. The Morgan fingerprint density at radius 3 is 2.71 bits per heavy atom. The maximum absolute atomic E-state index is 13.9. The molecule has 8 heteroatoms. The molecule has 0 fully saturated rings. The van der Waals surface area contributed by atoms with Crippen molar-refractivity contribution in [3.63, 3.8) is 0 Å². The van der Waals surface area contributed by atoms with Crippen molar-refractivity contribution in [1.82, 2.24) is 4.90 Å². The molecule has 110 valence electrons. The minimum atomic E-state index is -0.900. The van der Waals surface area contributed by atoms with Crippen LogP contribution in [-0.4, -0.2) is 41.3 Å². The van der Waals surface area contributed by atoms with Gasteiger partial charge in [0.1, 0.15) is 5.70 Å². The Kier molecular flexibility index (Phi) is 4.35. The first-order chi connectivity index (χ1) is 9.99. The van der Waals surface area contributed by atoms with Crippen molar-refractivity contribution in [2.24, 2.45) is 0 Å². The number of hydrogen-bond donors (Lipinski definition) is 2. The number of halogens is 2. The van der Waals surface area contributed by atoms with Gasteiger partial charge in [-0.2, -0.15) is 0 Å². The molecule has 0 radical (unpaired) electrons.